The molecule has 0 heterocycles. The lowest BCUT2D eigenvalue weighted by atomic mass is 9.87. The van der Waals surface area contributed by atoms with E-state index >= 15 is 0 Å². The molecule has 0 spiro atoms. The number of hydrogen-bond donors (Lipinski definition) is 0. The van der Waals surface area contributed by atoms with Crippen molar-refractivity contribution in [2.24, 2.45) is 4.99 Å². The summed E-state index contributed by atoms with van der Waals surface area (Å²) >= 11 is 0. The van der Waals surface area contributed by atoms with Crippen LogP contribution in [0.2, 0.25) is 0 Å². The average Bonchev–Trinajstić information content (AvgIpc) is 2.84. The molecule has 0 atom stereocenters. The van der Waals surface area contributed by atoms with E-state index in [4.69, 9.17) is 0 Å². The molecule has 0 N–H and O–H groups in total. The summed E-state index contributed by atoms with van der Waals surface area (Å²) in [4.78, 5) is 14.1. The van der Waals surface area contributed by atoms with E-state index in [-0.39, 0.29) is 12.8 Å². The molecule has 19 heavy (non-hydrogen) atoms. The number of aliphatic imine (C=N–C) groups is 1. The van der Waals surface area contributed by atoms with Crippen molar-refractivity contribution in [2.45, 2.75) is 31.2 Å². The summed E-state index contributed by atoms with van der Waals surface area (Å²) in [5.74, 6) is -3.96. The quantitative estimate of drug-likeness (QED) is 0.481. The molecule has 0 bridgehead atoms. The molecule has 0 unspecified atom stereocenters. The van der Waals surface area contributed by atoms with Crippen LogP contribution in [0.3, 0.4) is 0 Å². The van der Waals surface area contributed by atoms with Crippen LogP contribution in [-0.4, -0.2) is 13.2 Å². The van der Waals surface area contributed by atoms with Crippen LogP contribution in [0.4, 0.5) is 13.2 Å². The van der Waals surface area contributed by atoms with Gasteiger partial charge in [0, 0.05) is 6.07 Å². The van der Waals surface area contributed by atoms with Gasteiger partial charge in [0.15, 0.2) is 23.2 Å². The molecule has 1 saturated carbocycles. The second kappa shape index (κ2) is 5.05. The molecule has 0 amide bonds. The lowest BCUT2D eigenvalue weighted by molar-refractivity contribution is 0.344. The predicted molar refractivity (Wildman–Crippen MR) is 61.1 cm³/mol. The molecule has 1 aliphatic rings. The van der Waals surface area contributed by atoms with E-state index in [1.54, 1.807) is 0 Å². The Morgan fingerprint density at radius 3 is 2.42 bits per heavy atom. The Hall–Kier alpha value is -1.81. The first-order valence-electron chi connectivity index (χ1n) is 5.87. The van der Waals surface area contributed by atoms with Crippen molar-refractivity contribution in [3.05, 3.63) is 29.1 Å². The second-order valence-corrected chi connectivity index (χ2v) is 4.51. The van der Waals surface area contributed by atoms with Gasteiger partial charge in [-0.05, 0) is 12.8 Å². The molecule has 0 aromatic heterocycles. The van der Waals surface area contributed by atoms with Crippen molar-refractivity contribution >= 4 is 6.08 Å². The predicted octanol–water partition coefficient (Wildman–Crippen LogP) is 3.22. The van der Waals surface area contributed by atoms with Crippen molar-refractivity contribution in [3.63, 3.8) is 0 Å². The van der Waals surface area contributed by atoms with E-state index in [0.717, 1.165) is 7.11 Å². The van der Waals surface area contributed by atoms with Crippen molar-refractivity contribution < 1.29 is 22.7 Å². The molecule has 0 radical (unpaired) electrons. The van der Waals surface area contributed by atoms with Crippen LogP contribution in [-0.2, 0) is 10.3 Å². The zero-order chi connectivity index (χ0) is 14.0. The van der Waals surface area contributed by atoms with E-state index in [1.807, 2.05) is 0 Å². The topological polar surface area (TPSA) is 38.7 Å². The lowest BCUT2D eigenvalue weighted by Gasteiger charge is -2.24. The van der Waals surface area contributed by atoms with Gasteiger partial charge in [0.25, 0.3) is 0 Å². The monoisotopic (exact) mass is 271 g/mol. The van der Waals surface area contributed by atoms with E-state index in [0.29, 0.717) is 18.9 Å². The summed E-state index contributed by atoms with van der Waals surface area (Å²) in [7, 11) is 1.16. The maximum atomic E-state index is 14.2. The minimum Gasteiger partial charge on any atom is -0.494 e. The maximum absolute atomic E-state index is 14.2. The molecule has 1 aromatic carbocycles. The molecular weight excluding hydrogens is 259 g/mol. The Bertz CT molecular complexity index is 547. The van der Waals surface area contributed by atoms with Crippen LogP contribution < -0.4 is 4.74 Å². The van der Waals surface area contributed by atoms with Crippen molar-refractivity contribution in [2.75, 3.05) is 7.11 Å². The van der Waals surface area contributed by atoms with Gasteiger partial charge in [-0.15, -0.1) is 0 Å². The number of isocyanates is 1. The molecule has 1 aliphatic carbocycles. The summed E-state index contributed by atoms with van der Waals surface area (Å²) < 4.78 is 46.3. The van der Waals surface area contributed by atoms with E-state index in [2.05, 4.69) is 9.73 Å². The van der Waals surface area contributed by atoms with Gasteiger partial charge < -0.3 is 4.74 Å². The molecule has 2 rings (SSSR count). The van der Waals surface area contributed by atoms with Crippen molar-refractivity contribution in [1.29, 1.82) is 0 Å². The van der Waals surface area contributed by atoms with Crippen LogP contribution in [0.1, 0.15) is 31.2 Å². The van der Waals surface area contributed by atoms with Crippen LogP contribution in [0.15, 0.2) is 11.1 Å². The summed E-state index contributed by atoms with van der Waals surface area (Å²) in [5.41, 5.74) is -1.91. The van der Waals surface area contributed by atoms with Crippen LogP contribution in [0.5, 0.6) is 5.75 Å². The SMILES string of the molecule is COc1cc(F)c(F)c(C2(N=C=O)CCCC2)c1F. The molecule has 0 saturated heterocycles. The van der Waals surface area contributed by atoms with E-state index in [9.17, 15) is 18.0 Å². The fourth-order valence-electron chi connectivity index (χ4n) is 2.60. The van der Waals surface area contributed by atoms with Crippen LogP contribution >= 0.6 is 0 Å². The fourth-order valence-corrected chi connectivity index (χ4v) is 2.60. The Morgan fingerprint density at radius 1 is 1.26 bits per heavy atom. The highest BCUT2D eigenvalue weighted by Gasteiger charge is 2.42. The van der Waals surface area contributed by atoms with Gasteiger partial charge in [-0.1, -0.05) is 12.8 Å². The molecular formula is C13H12F3NO2. The lowest BCUT2D eigenvalue weighted by Crippen LogP contribution is -2.24. The number of benzene rings is 1. The number of halogens is 3. The Labute approximate surface area is 108 Å². The average molecular weight is 271 g/mol. The van der Waals surface area contributed by atoms with Gasteiger partial charge in [-0.3, -0.25) is 0 Å². The number of ether oxygens (including phenoxy) is 1. The third-order valence-corrected chi connectivity index (χ3v) is 3.50. The first-order valence-corrected chi connectivity index (χ1v) is 5.87. The Kier molecular flexibility index (Phi) is 3.62. The van der Waals surface area contributed by atoms with Crippen molar-refractivity contribution in [3.8, 4) is 5.75 Å². The van der Waals surface area contributed by atoms with Crippen LogP contribution in [0, 0.1) is 17.5 Å². The first-order chi connectivity index (χ1) is 9.05. The third-order valence-electron chi connectivity index (χ3n) is 3.50. The minimum absolute atomic E-state index is 0.280. The zero-order valence-electron chi connectivity index (χ0n) is 10.3. The largest absolute Gasteiger partial charge is 0.494 e. The van der Waals surface area contributed by atoms with Gasteiger partial charge >= 0.3 is 0 Å². The highest BCUT2D eigenvalue weighted by atomic mass is 19.2. The first kappa shape index (κ1) is 13.6. The van der Waals surface area contributed by atoms with Gasteiger partial charge in [-0.25, -0.2) is 18.0 Å². The van der Waals surface area contributed by atoms with Gasteiger partial charge in [0.1, 0.15) is 5.54 Å². The summed E-state index contributed by atoms with van der Waals surface area (Å²) in [6.45, 7) is 0. The fraction of sp³-hybridized carbons (Fsp3) is 0.462. The molecule has 1 fully saturated rings. The van der Waals surface area contributed by atoms with Crippen LogP contribution in [0.25, 0.3) is 0 Å². The summed E-state index contributed by atoms with van der Waals surface area (Å²) in [5, 5.41) is 0. The molecule has 1 aromatic rings. The van der Waals surface area contributed by atoms with Gasteiger partial charge in [-0.2, -0.15) is 4.99 Å². The normalized spacial score (nSPS) is 17.1. The molecule has 6 heteroatoms. The molecule has 102 valence electrons. The number of rotatable bonds is 3. The smallest absolute Gasteiger partial charge is 0.235 e. The zero-order valence-corrected chi connectivity index (χ0v) is 10.3. The van der Waals surface area contributed by atoms with Gasteiger partial charge in [0.2, 0.25) is 6.08 Å². The Balaban J connectivity index is 2.72. The minimum atomic E-state index is -1.37. The highest BCUT2D eigenvalue weighted by molar-refractivity contribution is 5.43. The maximum Gasteiger partial charge on any atom is 0.235 e. The number of nitrogens with zero attached hydrogens (tertiary/aromatic N) is 1. The number of carbonyl (C=O) groups excluding carboxylic acids is 1. The summed E-state index contributed by atoms with van der Waals surface area (Å²) in [6.07, 6.45) is 3.21. The summed E-state index contributed by atoms with van der Waals surface area (Å²) in [6, 6.07) is 0.640. The third kappa shape index (κ3) is 2.12. The molecule has 0 aliphatic heterocycles. The van der Waals surface area contributed by atoms with E-state index in [1.165, 1.54) is 6.08 Å². The molecule has 3 nitrogen and oxygen atoms in total. The van der Waals surface area contributed by atoms with Crippen molar-refractivity contribution in [1.82, 2.24) is 0 Å². The number of methoxy groups -OCH3 is 1. The standard InChI is InChI=1S/C13H12F3NO2/c1-19-9-6-8(14)11(15)10(12(9)16)13(17-7-18)4-2-3-5-13/h6H,2-5H2,1H3. The Morgan fingerprint density at radius 2 is 1.89 bits per heavy atom. The van der Waals surface area contributed by atoms with E-state index < -0.39 is 34.3 Å². The highest BCUT2D eigenvalue weighted by Crippen LogP contribution is 2.46. The number of hydrogen-bond acceptors (Lipinski definition) is 3. The second-order valence-electron chi connectivity index (χ2n) is 4.51. The van der Waals surface area contributed by atoms with Gasteiger partial charge in [0.05, 0.1) is 12.7 Å².